The van der Waals surface area contributed by atoms with Crippen LogP contribution in [0.2, 0.25) is 0 Å². The van der Waals surface area contributed by atoms with Crippen molar-refractivity contribution >= 4 is 5.91 Å². The van der Waals surface area contributed by atoms with Gasteiger partial charge in [-0.2, -0.15) is 4.73 Å². The number of amides is 1. The molecule has 1 aliphatic carbocycles. The van der Waals surface area contributed by atoms with Gasteiger partial charge >= 0.3 is 0 Å². The summed E-state index contributed by atoms with van der Waals surface area (Å²) in [6.45, 7) is 0.599. The monoisotopic (exact) mass is 328 g/mol. The first-order chi connectivity index (χ1) is 11.6. The lowest BCUT2D eigenvalue weighted by Crippen LogP contribution is -2.40. The highest BCUT2D eigenvalue weighted by Gasteiger charge is 2.27. The second-order valence-corrected chi connectivity index (χ2v) is 6.26. The van der Waals surface area contributed by atoms with E-state index in [-0.39, 0.29) is 17.8 Å². The van der Waals surface area contributed by atoms with E-state index in [1.165, 1.54) is 24.5 Å². The molecule has 1 fully saturated rings. The van der Waals surface area contributed by atoms with Gasteiger partial charge in [-0.1, -0.05) is 25.0 Å². The number of carbonyl (C=O) groups excluding carboxylic acids is 1. The third kappa shape index (κ3) is 3.91. The van der Waals surface area contributed by atoms with Crippen LogP contribution in [-0.4, -0.2) is 23.4 Å². The Morgan fingerprint density at radius 2 is 1.75 bits per heavy atom. The second-order valence-electron chi connectivity index (χ2n) is 6.26. The minimum absolute atomic E-state index is 0.0374. The lowest BCUT2D eigenvalue weighted by molar-refractivity contribution is -0.605. The largest absolute Gasteiger partial charge is 0.619 e. The van der Waals surface area contributed by atoms with Crippen molar-refractivity contribution in [2.24, 2.45) is 0 Å². The number of halogens is 1. The van der Waals surface area contributed by atoms with Crippen LogP contribution in [-0.2, 0) is 6.42 Å². The van der Waals surface area contributed by atoms with Crippen molar-refractivity contribution in [2.45, 2.75) is 38.1 Å². The van der Waals surface area contributed by atoms with Gasteiger partial charge in [0.2, 0.25) is 0 Å². The van der Waals surface area contributed by atoms with Gasteiger partial charge in [-0.05, 0) is 37.0 Å². The van der Waals surface area contributed by atoms with Crippen molar-refractivity contribution in [2.75, 3.05) is 6.54 Å². The zero-order valence-corrected chi connectivity index (χ0v) is 13.5. The SMILES string of the molecule is O=C(c1cc[n+]([O-])cc1)N(CCc1ccc(F)cc1)C1CCCC1. The molecule has 2 aromatic rings. The Balaban J connectivity index is 1.74. The molecular weight excluding hydrogens is 307 g/mol. The fourth-order valence-corrected chi connectivity index (χ4v) is 3.29. The molecule has 0 saturated heterocycles. The summed E-state index contributed by atoms with van der Waals surface area (Å²) in [5, 5.41) is 11.2. The Morgan fingerprint density at radius 3 is 2.38 bits per heavy atom. The van der Waals surface area contributed by atoms with Gasteiger partial charge in [-0.3, -0.25) is 4.79 Å². The molecule has 1 aromatic carbocycles. The van der Waals surface area contributed by atoms with Crippen LogP contribution in [0.5, 0.6) is 0 Å². The van der Waals surface area contributed by atoms with Crippen LogP contribution in [0.1, 0.15) is 41.6 Å². The van der Waals surface area contributed by atoms with Crippen LogP contribution >= 0.6 is 0 Å². The first-order valence-corrected chi connectivity index (χ1v) is 8.38. The normalized spacial score (nSPS) is 14.7. The van der Waals surface area contributed by atoms with Gasteiger partial charge in [0, 0.05) is 24.7 Å². The topological polar surface area (TPSA) is 47.2 Å². The minimum Gasteiger partial charge on any atom is -0.619 e. The summed E-state index contributed by atoms with van der Waals surface area (Å²) in [5.41, 5.74) is 1.55. The minimum atomic E-state index is -0.252. The number of rotatable bonds is 5. The summed E-state index contributed by atoms with van der Waals surface area (Å²) >= 11 is 0. The first kappa shape index (κ1) is 16.4. The first-order valence-electron chi connectivity index (χ1n) is 8.38. The average Bonchev–Trinajstić information content (AvgIpc) is 3.11. The predicted octanol–water partition coefficient (Wildman–Crippen LogP) is 3.09. The van der Waals surface area contributed by atoms with Crippen molar-refractivity contribution < 1.29 is 13.9 Å². The van der Waals surface area contributed by atoms with E-state index < -0.39 is 0 Å². The number of nitrogens with zero attached hydrogens (tertiary/aromatic N) is 2. The molecule has 0 aliphatic heterocycles. The summed E-state index contributed by atoms with van der Waals surface area (Å²) in [7, 11) is 0. The molecule has 3 rings (SSSR count). The van der Waals surface area contributed by atoms with E-state index in [0.29, 0.717) is 23.3 Å². The highest BCUT2D eigenvalue weighted by Crippen LogP contribution is 2.25. The summed E-state index contributed by atoms with van der Waals surface area (Å²) in [4.78, 5) is 14.8. The second kappa shape index (κ2) is 7.43. The van der Waals surface area contributed by atoms with Crippen LogP contribution in [0, 0.1) is 11.0 Å². The van der Waals surface area contributed by atoms with Gasteiger partial charge in [0.15, 0.2) is 12.4 Å². The van der Waals surface area contributed by atoms with Gasteiger partial charge in [0.1, 0.15) is 5.82 Å². The Bertz CT molecular complexity index is 680. The molecule has 1 aromatic heterocycles. The molecule has 1 saturated carbocycles. The molecule has 5 heteroatoms. The number of hydrogen-bond donors (Lipinski definition) is 0. The summed E-state index contributed by atoms with van der Waals surface area (Å²) in [5.74, 6) is -0.290. The van der Waals surface area contributed by atoms with Gasteiger partial charge in [0.05, 0.1) is 5.56 Å². The maximum atomic E-state index is 13.0. The Kier molecular flexibility index (Phi) is 5.08. The standard InChI is InChI=1S/C19H21FN2O2/c20-17-7-5-15(6-8-17)9-14-22(18-3-1-2-4-18)19(23)16-10-12-21(24)13-11-16/h5-8,10-13,18H,1-4,9,14H2. The third-order valence-electron chi connectivity index (χ3n) is 4.63. The highest BCUT2D eigenvalue weighted by molar-refractivity contribution is 5.94. The van der Waals surface area contributed by atoms with E-state index in [0.717, 1.165) is 31.2 Å². The molecule has 4 nitrogen and oxygen atoms in total. The number of pyridine rings is 1. The number of benzene rings is 1. The van der Waals surface area contributed by atoms with E-state index in [9.17, 15) is 14.4 Å². The van der Waals surface area contributed by atoms with Crippen LogP contribution in [0.25, 0.3) is 0 Å². The van der Waals surface area contributed by atoms with Gasteiger partial charge < -0.3 is 10.1 Å². The molecule has 1 heterocycles. The number of hydrogen-bond acceptors (Lipinski definition) is 2. The van der Waals surface area contributed by atoms with Crippen LogP contribution in [0.15, 0.2) is 48.8 Å². The highest BCUT2D eigenvalue weighted by atomic mass is 19.1. The van der Waals surface area contributed by atoms with E-state index in [2.05, 4.69) is 0 Å². The summed E-state index contributed by atoms with van der Waals surface area (Å²) in [6.07, 6.45) is 7.70. The Labute approximate surface area is 141 Å². The van der Waals surface area contributed by atoms with E-state index in [1.807, 2.05) is 4.90 Å². The van der Waals surface area contributed by atoms with Crippen LogP contribution in [0.3, 0.4) is 0 Å². The van der Waals surface area contributed by atoms with Gasteiger partial charge in [-0.25, -0.2) is 4.39 Å². The lowest BCUT2D eigenvalue weighted by Gasteiger charge is -2.29. The molecule has 0 N–H and O–H groups in total. The van der Waals surface area contributed by atoms with Crippen molar-refractivity contribution in [3.8, 4) is 0 Å². The molecule has 0 bridgehead atoms. The smallest absolute Gasteiger partial charge is 0.254 e. The summed E-state index contributed by atoms with van der Waals surface area (Å²) in [6, 6.07) is 9.79. The zero-order chi connectivity index (χ0) is 16.9. The van der Waals surface area contributed by atoms with E-state index >= 15 is 0 Å². The van der Waals surface area contributed by atoms with E-state index in [1.54, 1.807) is 24.3 Å². The van der Waals surface area contributed by atoms with Gasteiger partial charge in [0.25, 0.3) is 5.91 Å². The van der Waals surface area contributed by atoms with Crippen molar-refractivity contribution in [3.05, 3.63) is 70.9 Å². The van der Waals surface area contributed by atoms with Crippen molar-refractivity contribution in [3.63, 3.8) is 0 Å². The van der Waals surface area contributed by atoms with Crippen LogP contribution in [0.4, 0.5) is 4.39 Å². The average molecular weight is 328 g/mol. The maximum absolute atomic E-state index is 13.0. The fourth-order valence-electron chi connectivity index (χ4n) is 3.29. The molecule has 1 aliphatic rings. The third-order valence-corrected chi connectivity index (χ3v) is 4.63. The lowest BCUT2D eigenvalue weighted by atomic mass is 10.1. The van der Waals surface area contributed by atoms with Crippen molar-refractivity contribution in [1.29, 1.82) is 0 Å². The molecule has 1 amide bonds. The predicted molar refractivity (Wildman–Crippen MR) is 88.8 cm³/mol. The number of aromatic nitrogens is 1. The molecule has 24 heavy (non-hydrogen) atoms. The Morgan fingerprint density at radius 1 is 1.12 bits per heavy atom. The Hall–Kier alpha value is -2.43. The van der Waals surface area contributed by atoms with Crippen molar-refractivity contribution in [1.82, 2.24) is 4.90 Å². The molecule has 0 unspecified atom stereocenters. The fraction of sp³-hybridized carbons (Fsp3) is 0.368. The molecule has 126 valence electrons. The van der Waals surface area contributed by atoms with E-state index in [4.69, 9.17) is 0 Å². The molecule has 0 spiro atoms. The maximum Gasteiger partial charge on any atom is 0.254 e. The van der Waals surface area contributed by atoms with Crippen LogP contribution < -0.4 is 4.73 Å². The zero-order valence-electron chi connectivity index (χ0n) is 13.5. The van der Waals surface area contributed by atoms with Gasteiger partial charge in [-0.15, -0.1) is 0 Å². The molecule has 0 atom stereocenters. The quantitative estimate of drug-likeness (QED) is 0.625. The molecular formula is C19H21FN2O2. The number of carbonyl (C=O) groups is 1. The summed E-state index contributed by atoms with van der Waals surface area (Å²) < 4.78 is 13.7. The molecule has 0 radical (unpaired) electrons.